The van der Waals surface area contributed by atoms with Gasteiger partial charge in [-0.2, -0.15) is 0 Å². The number of hydrogen-bond donors (Lipinski definition) is 1. The van der Waals surface area contributed by atoms with Crippen molar-refractivity contribution in [1.82, 2.24) is 15.2 Å². The molecule has 0 bridgehead atoms. The summed E-state index contributed by atoms with van der Waals surface area (Å²) in [7, 11) is 2.14. The molecule has 1 fully saturated rings. The van der Waals surface area contributed by atoms with Gasteiger partial charge in [0, 0.05) is 44.5 Å². The van der Waals surface area contributed by atoms with Crippen molar-refractivity contribution in [3.05, 3.63) is 53.7 Å². The summed E-state index contributed by atoms with van der Waals surface area (Å²) in [6.45, 7) is 4.90. The maximum Gasteiger partial charge on any atom is 0.227 e. The minimum atomic E-state index is -0.149. The van der Waals surface area contributed by atoms with E-state index in [1.165, 1.54) is 0 Å². The van der Waals surface area contributed by atoms with Crippen molar-refractivity contribution >= 4 is 11.7 Å². The van der Waals surface area contributed by atoms with Crippen LogP contribution in [0.25, 0.3) is 0 Å². The Balaban J connectivity index is 1.38. The van der Waals surface area contributed by atoms with Crippen molar-refractivity contribution in [3.63, 3.8) is 0 Å². The first kappa shape index (κ1) is 17.8. The summed E-state index contributed by atoms with van der Waals surface area (Å²) < 4.78 is 5.75. The van der Waals surface area contributed by atoms with Crippen molar-refractivity contribution in [3.8, 4) is 5.75 Å². The van der Waals surface area contributed by atoms with Gasteiger partial charge in [0.05, 0.1) is 5.92 Å². The Morgan fingerprint density at radius 1 is 1.19 bits per heavy atom. The fourth-order valence-corrected chi connectivity index (χ4v) is 3.69. The van der Waals surface area contributed by atoms with Gasteiger partial charge in [-0.05, 0) is 31.2 Å². The Morgan fingerprint density at radius 2 is 2.00 bits per heavy atom. The number of carbonyl (C=O) groups excluding carboxylic acids is 1. The third kappa shape index (κ3) is 4.06. The second-order valence-corrected chi connectivity index (χ2v) is 7.31. The lowest BCUT2D eigenvalue weighted by atomic mass is 9.96. The molecule has 27 heavy (non-hydrogen) atoms. The lowest BCUT2D eigenvalue weighted by molar-refractivity contribution is -0.126. The highest BCUT2D eigenvalue weighted by Gasteiger charge is 2.26. The fraction of sp³-hybridized carbons (Fsp3) is 0.429. The number of nitrogens with zero attached hydrogens (tertiary/aromatic N) is 3. The first-order valence-corrected chi connectivity index (χ1v) is 9.56. The highest BCUT2D eigenvalue weighted by molar-refractivity contribution is 5.79. The van der Waals surface area contributed by atoms with Crippen molar-refractivity contribution in [1.29, 1.82) is 0 Å². The Hall–Kier alpha value is -2.60. The first-order chi connectivity index (χ1) is 13.2. The van der Waals surface area contributed by atoms with E-state index in [9.17, 15) is 4.79 Å². The predicted octanol–water partition coefficient (Wildman–Crippen LogP) is 1.70. The fourth-order valence-electron chi connectivity index (χ4n) is 3.69. The number of nitrogens with one attached hydrogen (secondary N) is 1. The molecule has 1 aromatic heterocycles. The van der Waals surface area contributed by atoms with Crippen LogP contribution in [0.1, 0.15) is 11.1 Å². The molecule has 1 amide bonds. The highest BCUT2D eigenvalue weighted by atomic mass is 16.5. The molecule has 3 heterocycles. The number of likely N-dealkylation sites (N-methyl/N-ethyl adjacent to an activating group) is 1. The summed E-state index contributed by atoms with van der Waals surface area (Å²) in [5.74, 6) is 1.77. The number of pyridine rings is 1. The number of anilines is 1. The van der Waals surface area contributed by atoms with Gasteiger partial charge in [-0.25, -0.2) is 4.98 Å². The van der Waals surface area contributed by atoms with Gasteiger partial charge in [-0.15, -0.1) is 0 Å². The number of aromatic nitrogens is 1. The van der Waals surface area contributed by atoms with Gasteiger partial charge in [-0.3, -0.25) is 4.79 Å². The molecule has 0 saturated carbocycles. The summed E-state index contributed by atoms with van der Waals surface area (Å²) in [4.78, 5) is 21.9. The lowest BCUT2D eigenvalue weighted by Gasteiger charge is -2.34. The number of para-hydroxylation sites is 1. The summed E-state index contributed by atoms with van der Waals surface area (Å²) >= 11 is 0. The van der Waals surface area contributed by atoms with E-state index in [4.69, 9.17) is 4.74 Å². The van der Waals surface area contributed by atoms with Crippen LogP contribution < -0.4 is 15.0 Å². The van der Waals surface area contributed by atoms with Crippen LogP contribution in [0.4, 0.5) is 5.82 Å². The topological polar surface area (TPSA) is 57.7 Å². The van der Waals surface area contributed by atoms with E-state index in [0.717, 1.165) is 55.3 Å². The largest absolute Gasteiger partial charge is 0.492 e. The monoisotopic (exact) mass is 366 g/mol. The van der Waals surface area contributed by atoms with Crippen molar-refractivity contribution in [2.45, 2.75) is 13.0 Å². The van der Waals surface area contributed by atoms with Crippen LogP contribution in [-0.4, -0.2) is 55.6 Å². The third-order valence-electron chi connectivity index (χ3n) is 5.37. The Kier molecular flexibility index (Phi) is 5.25. The van der Waals surface area contributed by atoms with Gasteiger partial charge in [0.1, 0.15) is 18.2 Å². The number of piperazine rings is 1. The van der Waals surface area contributed by atoms with Crippen LogP contribution in [0.3, 0.4) is 0 Å². The van der Waals surface area contributed by atoms with Crippen molar-refractivity contribution in [2.24, 2.45) is 5.92 Å². The van der Waals surface area contributed by atoms with E-state index in [2.05, 4.69) is 27.1 Å². The van der Waals surface area contributed by atoms with E-state index >= 15 is 0 Å². The molecule has 4 rings (SSSR count). The Morgan fingerprint density at radius 3 is 2.85 bits per heavy atom. The van der Waals surface area contributed by atoms with E-state index in [-0.39, 0.29) is 11.8 Å². The van der Waals surface area contributed by atoms with Gasteiger partial charge in [0.25, 0.3) is 0 Å². The number of carbonyl (C=O) groups is 1. The molecule has 1 N–H and O–H groups in total. The van der Waals surface area contributed by atoms with Crippen LogP contribution >= 0.6 is 0 Å². The van der Waals surface area contributed by atoms with Crippen molar-refractivity contribution in [2.75, 3.05) is 44.7 Å². The summed E-state index contributed by atoms with van der Waals surface area (Å²) in [5, 5.41) is 3.09. The molecule has 142 valence electrons. The predicted molar refractivity (Wildman–Crippen MR) is 105 cm³/mol. The maximum absolute atomic E-state index is 12.7. The van der Waals surface area contributed by atoms with E-state index in [1.54, 1.807) is 0 Å². The molecule has 2 aliphatic heterocycles. The standard InChI is InChI=1S/C21H26N4O2/c1-24-9-11-25(12-10-24)20-17(6-4-8-22-20)14-23-21(26)18-13-16-5-2-3-7-19(16)27-15-18/h2-8,18H,9-15H2,1H3,(H,23,26)/t18-/m1/s1. The number of hydrogen-bond acceptors (Lipinski definition) is 5. The third-order valence-corrected chi connectivity index (χ3v) is 5.37. The van der Waals surface area contributed by atoms with E-state index < -0.39 is 0 Å². The number of benzene rings is 1. The molecule has 1 atom stereocenters. The second-order valence-electron chi connectivity index (χ2n) is 7.31. The van der Waals surface area contributed by atoms with Crippen LogP contribution in [0.2, 0.25) is 0 Å². The number of rotatable bonds is 4. The zero-order chi connectivity index (χ0) is 18.6. The van der Waals surface area contributed by atoms with Crippen molar-refractivity contribution < 1.29 is 9.53 Å². The molecule has 6 heteroatoms. The molecule has 2 aromatic rings. The highest BCUT2D eigenvalue weighted by Crippen LogP contribution is 2.27. The Labute approximate surface area is 160 Å². The van der Waals surface area contributed by atoms with E-state index in [1.807, 2.05) is 42.6 Å². The second kappa shape index (κ2) is 7.96. The number of fused-ring (bicyclic) bond motifs is 1. The van der Waals surface area contributed by atoms with Gasteiger partial charge in [0.15, 0.2) is 0 Å². The minimum absolute atomic E-state index is 0.0395. The van der Waals surface area contributed by atoms with Crippen LogP contribution in [0, 0.1) is 5.92 Å². The van der Waals surface area contributed by atoms with Crippen LogP contribution in [0.15, 0.2) is 42.6 Å². The molecule has 1 aromatic carbocycles. The zero-order valence-electron chi connectivity index (χ0n) is 15.7. The minimum Gasteiger partial charge on any atom is -0.492 e. The van der Waals surface area contributed by atoms with Gasteiger partial charge in [0.2, 0.25) is 5.91 Å². The molecule has 0 aliphatic carbocycles. The normalized spacial score (nSPS) is 19.9. The molecular formula is C21H26N4O2. The summed E-state index contributed by atoms with van der Waals surface area (Å²) in [5.41, 5.74) is 2.16. The molecule has 2 aliphatic rings. The summed E-state index contributed by atoms with van der Waals surface area (Å²) in [6.07, 6.45) is 2.55. The number of amides is 1. The molecule has 0 unspecified atom stereocenters. The maximum atomic E-state index is 12.7. The molecular weight excluding hydrogens is 340 g/mol. The molecule has 1 saturated heterocycles. The number of ether oxygens (including phenoxy) is 1. The van der Waals surface area contributed by atoms with Gasteiger partial charge >= 0.3 is 0 Å². The quantitative estimate of drug-likeness (QED) is 0.893. The first-order valence-electron chi connectivity index (χ1n) is 9.56. The lowest BCUT2D eigenvalue weighted by Crippen LogP contribution is -2.45. The van der Waals surface area contributed by atoms with Crippen LogP contribution in [0.5, 0.6) is 5.75 Å². The average Bonchev–Trinajstić information content (AvgIpc) is 2.72. The molecule has 6 nitrogen and oxygen atoms in total. The molecule has 0 radical (unpaired) electrons. The molecule has 0 spiro atoms. The van der Waals surface area contributed by atoms with Gasteiger partial charge in [-0.1, -0.05) is 24.3 Å². The van der Waals surface area contributed by atoms with E-state index in [0.29, 0.717) is 13.2 Å². The van der Waals surface area contributed by atoms with Gasteiger partial charge < -0.3 is 19.9 Å². The summed E-state index contributed by atoms with van der Waals surface area (Å²) in [6, 6.07) is 11.9. The van der Waals surface area contributed by atoms with Crippen LogP contribution in [-0.2, 0) is 17.8 Å². The zero-order valence-corrected chi connectivity index (χ0v) is 15.7. The Bertz CT molecular complexity index is 802. The average molecular weight is 366 g/mol. The SMILES string of the molecule is CN1CCN(c2ncccc2CNC(=O)[C@H]2COc3ccccc3C2)CC1. The smallest absolute Gasteiger partial charge is 0.227 e.